The van der Waals surface area contributed by atoms with E-state index < -0.39 is 11.4 Å². The monoisotopic (exact) mass is 487 g/mol. The number of thiazole rings is 1. The number of aliphatic carboxylic acids is 1. The molecule has 3 aromatic heterocycles. The number of hydrogen-bond acceptors (Lipinski definition) is 6. The van der Waals surface area contributed by atoms with Crippen molar-refractivity contribution >= 4 is 28.3 Å². The van der Waals surface area contributed by atoms with Crippen molar-refractivity contribution in [1.82, 2.24) is 14.8 Å². The standard InChI is InChI=1S/C26H25N5O3S/c1-29-9-7-18(8-10-29)15-31-16-21(14-27-31)22-17-35-25(28-22)30(2)24(34)26(13-23(32)33)11-19-5-3-4-6-20(19)12-26/h3-10,14,16-17H,11-13,15H2,1-2H3. The Labute approximate surface area is 207 Å². The first-order valence-electron chi connectivity index (χ1n) is 11.3. The van der Waals surface area contributed by atoms with E-state index in [2.05, 4.69) is 10.1 Å². The van der Waals surface area contributed by atoms with Crippen LogP contribution in [-0.2, 0) is 36.0 Å². The Bertz CT molecular complexity index is 1370. The molecule has 8 nitrogen and oxygen atoms in total. The molecule has 35 heavy (non-hydrogen) atoms. The minimum atomic E-state index is -1.22. The normalized spacial score (nSPS) is 14.0. The first kappa shape index (κ1) is 22.9. The van der Waals surface area contributed by atoms with E-state index in [-0.39, 0.29) is 12.3 Å². The van der Waals surface area contributed by atoms with Gasteiger partial charge in [0.05, 0.1) is 23.9 Å². The predicted octanol–water partition coefficient (Wildman–Crippen LogP) is 1.77. The zero-order valence-electron chi connectivity index (χ0n) is 19.5. The zero-order chi connectivity index (χ0) is 24.6. The number of carboxylic acid groups (broad SMARTS) is 1. The van der Waals surface area contributed by atoms with Crippen LogP contribution in [0, 0.1) is 5.41 Å². The topological polar surface area (TPSA) is 95.0 Å². The number of hydrogen-bond donors (Lipinski definition) is 0. The van der Waals surface area contributed by atoms with Crippen LogP contribution in [0.2, 0.25) is 0 Å². The lowest BCUT2D eigenvalue weighted by atomic mass is 9.80. The number of aromatic nitrogens is 4. The van der Waals surface area contributed by atoms with E-state index in [4.69, 9.17) is 0 Å². The lowest BCUT2D eigenvalue weighted by Gasteiger charge is -2.31. The molecule has 0 bridgehead atoms. The smallest absolute Gasteiger partial charge is 0.235 e. The molecule has 3 heterocycles. The van der Waals surface area contributed by atoms with Gasteiger partial charge in [0.25, 0.3) is 0 Å². The van der Waals surface area contributed by atoms with E-state index in [0.717, 1.165) is 27.9 Å². The first-order valence-corrected chi connectivity index (χ1v) is 12.2. The van der Waals surface area contributed by atoms with Gasteiger partial charge in [-0.3, -0.25) is 14.4 Å². The van der Waals surface area contributed by atoms with Gasteiger partial charge in [-0.1, -0.05) is 24.3 Å². The van der Waals surface area contributed by atoms with Gasteiger partial charge in [0.2, 0.25) is 5.91 Å². The number of nitrogens with zero attached hydrogens (tertiary/aromatic N) is 5. The second kappa shape index (κ2) is 9.07. The van der Waals surface area contributed by atoms with Gasteiger partial charge in [0.1, 0.15) is 7.05 Å². The Morgan fingerprint density at radius 1 is 1.17 bits per heavy atom. The van der Waals surface area contributed by atoms with Crippen LogP contribution in [0.3, 0.4) is 0 Å². The third kappa shape index (κ3) is 4.59. The zero-order valence-corrected chi connectivity index (χ0v) is 20.4. The minimum Gasteiger partial charge on any atom is -0.550 e. The molecule has 178 valence electrons. The van der Waals surface area contributed by atoms with Crippen molar-refractivity contribution in [3.8, 4) is 11.3 Å². The molecule has 1 aromatic carbocycles. The summed E-state index contributed by atoms with van der Waals surface area (Å²) < 4.78 is 3.83. The third-order valence-corrected chi connectivity index (χ3v) is 7.43. The van der Waals surface area contributed by atoms with Gasteiger partial charge in [-0.2, -0.15) is 5.10 Å². The molecule has 1 amide bonds. The summed E-state index contributed by atoms with van der Waals surface area (Å²) in [6.07, 6.45) is 8.11. The number of fused-ring (bicyclic) bond motifs is 1. The molecule has 0 spiro atoms. The number of carboxylic acids is 1. The molecule has 5 rings (SSSR count). The summed E-state index contributed by atoms with van der Waals surface area (Å²) in [6.45, 7) is 0.641. The van der Waals surface area contributed by atoms with Crippen molar-refractivity contribution in [2.45, 2.75) is 25.8 Å². The van der Waals surface area contributed by atoms with Gasteiger partial charge in [0, 0.05) is 48.7 Å². The Hall–Kier alpha value is -3.85. The number of carbonyl (C=O) groups is 2. The van der Waals surface area contributed by atoms with E-state index in [0.29, 0.717) is 24.5 Å². The number of rotatable bonds is 7. The second-order valence-corrected chi connectivity index (χ2v) is 9.97. The molecule has 4 aromatic rings. The predicted molar refractivity (Wildman–Crippen MR) is 129 cm³/mol. The van der Waals surface area contributed by atoms with E-state index in [1.807, 2.05) is 76.7 Å². The van der Waals surface area contributed by atoms with Crippen LogP contribution in [0.25, 0.3) is 11.3 Å². The maximum Gasteiger partial charge on any atom is 0.235 e. The van der Waals surface area contributed by atoms with Crippen molar-refractivity contribution in [2.24, 2.45) is 12.5 Å². The van der Waals surface area contributed by atoms with Crippen LogP contribution in [0.4, 0.5) is 5.13 Å². The summed E-state index contributed by atoms with van der Waals surface area (Å²) in [5.74, 6) is -1.48. The van der Waals surface area contributed by atoms with Gasteiger partial charge >= 0.3 is 0 Å². The maximum absolute atomic E-state index is 13.6. The van der Waals surface area contributed by atoms with Crippen molar-refractivity contribution in [1.29, 1.82) is 0 Å². The highest BCUT2D eigenvalue weighted by atomic mass is 32.1. The largest absolute Gasteiger partial charge is 0.550 e. The van der Waals surface area contributed by atoms with Crippen LogP contribution in [-0.4, -0.2) is 33.7 Å². The Morgan fingerprint density at radius 2 is 1.86 bits per heavy atom. The maximum atomic E-state index is 13.6. The molecule has 0 N–H and O–H groups in total. The van der Waals surface area contributed by atoms with Crippen molar-refractivity contribution in [3.63, 3.8) is 0 Å². The number of benzene rings is 1. The summed E-state index contributed by atoms with van der Waals surface area (Å²) in [5, 5.41) is 18.5. The molecule has 0 unspecified atom stereocenters. The van der Waals surface area contributed by atoms with Crippen LogP contribution >= 0.6 is 11.3 Å². The van der Waals surface area contributed by atoms with Crippen molar-refractivity contribution in [3.05, 3.63) is 83.3 Å². The van der Waals surface area contributed by atoms with Crippen LogP contribution in [0.1, 0.15) is 23.1 Å². The SMILES string of the molecule is CN(C(=O)C1(CC(=O)[O-])Cc2ccccc2C1)c1nc(-c2cnn(Cc3cc[n+](C)cc3)c2)cs1. The number of aryl methyl sites for hydroxylation is 1. The molecule has 0 radical (unpaired) electrons. The molecule has 0 saturated carbocycles. The highest BCUT2D eigenvalue weighted by Gasteiger charge is 2.45. The van der Waals surface area contributed by atoms with Gasteiger partial charge in [-0.15, -0.1) is 11.3 Å². The summed E-state index contributed by atoms with van der Waals surface area (Å²) in [7, 11) is 3.63. The third-order valence-electron chi connectivity index (χ3n) is 6.52. The highest BCUT2D eigenvalue weighted by Crippen LogP contribution is 2.42. The van der Waals surface area contributed by atoms with Crippen molar-refractivity contribution in [2.75, 3.05) is 11.9 Å². The average molecular weight is 488 g/mol. The summed E-state index contributed by atoms with van der Waals surface area (Å²) in [6, 6.07) is 11.8. The fourth-order valence-electron chi connectivity index (χ4n) is 4.72. The molecule has 0 aliphatic heterocycles. The Kier molecular flexibility index (Phi) is 5.94. The summed E-state index contributed by atoms with van der Waals surface area (Å²) >= 11 is 1.35. The molecule has 1 aliphatic carbocycles. The lowest BCUT2D eigenvalue weighted by Crippen LogP contribution is -2.46. The first-order chi connectivity index (χ1) is 16.8. The number of anilines is 1. The van der Waals surface area contributed by atoms with E-state index in [1.54, 1.807) is 13.2 Å². The molecule has 0 fully saturated rings. The van der Waals surface area contributed by atoms with Crippen LogP contribution in [0.5, 0.6) is 0 Å². The second-order valence-electron chi connectivity index (χ2n) is 9.13. The summed E-state index contributed by atoms with van der Waals surface area (Å²) in [5.41, 5.74) is 3.66. The fourth-order valence-corrected chi connectivity index (χ4v) is 5.52. The fraction of sp³-hybridized carbons (Fsp3) is 0.269. The Balaban J connectivity index is 1.34. The molecular formula is C26H25N5O3S. The summed E-state index contributed by atoms with van der Waals surface area (Å²) in [4.78, 5) is 31.4. The molecule has 0 atom stereocenters. The number of carbonyl (C=O) groups excluding carboxylic acids is 2. The van der Waals surface area contributed by atoms with E-state index in [1.165, 1.54) is 16.2 Å². The lowest BCUT2D eigenvalue weighted by molar-refractivity contribution is -0.671. The highest BCUT2D eigenvalue weighted by molar-refractivity contribution is 7.14. The molecule has 0 saturated heterocycles. The van der Waals surface area contributed by atoms with Crippen LogP contribution in [0.15, 0.2) is 66.6 Å². The van der Waals surface area contributed by atoms with Gasteiger partial charge in [0.15, 0.2) is 17.5 Å². The van der Waals surface area contributed by atoms with E-state index >= 15 is 0 Å². The Morgan fingerprint density at radius 3 is 2.51 bits per heavy atom. The number of pyridine rings is 1. The van der Waals surface area contributed by atoms with Gasteiger partial charge in [-0.25, -0.2) is 9.55 Å². The number of amides is 1. The quantitative estimate of drug-likeness (QED) is 0.370. The molecule has 9 heteroatoms. The van der Waals surface area contributed by atoms with Gasteiger partial charge in [-0.05, 0) is 29.5 Å². The van der Waals surface area contributed by atoms with Crippen LogP contribution < -0.4 is 14.6 Å². The average Bonchev–Trinajstić information content (AvgIpc) is 3.57. The minimum absolute atomic E-state index is 0.258. The molecule has 1 aliphatic rings. The van der Waals surface area contributed by atoms with E-state index in [9.17, 15) is 14.7 Å². The molecular weight excluding hydrogens is 462 g/mol. The van der Waals surface area contributed by atoms with Gasteiger partial charge < -0.3 is 9.90 Å². The van der Waals surface area contributed by atoms with Crippen molar-refractivity contribution < 1.29 is 19.3 Å².